The van der Waals surface area contributed by atoms with E-state index in [2.05, 4.69) is 0 Å². The molecule has 0 spiro atoms. The van der Waals surface area contributed by atoms with Crippen LogP contribution in [0, 0.1) is 0 Å². The van der Waals surface area contributed by atoms with Crippen LogP contribution in [0.4, 0.5) is 0 Å². The molecule has 1 aromatic heterocycles. The maximum Gasteiger partial charge on any atom is 0.167 e. The SMILES string of the molecule is COc1cc(O)c(C(=O)CCc2ccc3occc3c2)c(C[C@@H]2O[C@H](CO)[C@@H](O)[C@H](O)[C@H]2O)c1. The Hall–Kier alpha value is -2.95. The molecular weight excluding hydrogens is 444 g/mol. The quantitative estimate of drug-likeness (QED) is 0.306. The van der Waals surface area contributed by atoms with Crippen LogP contribution in [0.25, 0.3) is 11.0 Å². The molecular formula is C25H28O9. The van der Waals surface area contributed by atoms with Gasteiger partial charge in [-0.2, -0.15) is 0 Å². The largest absolute Gasteiger partial charge is 0.507 e. The molecule has 0 radical (unpaired) electrons. The van der Waals surface area contributed by atoms with E-state index in [9.17, 15) is 30.3 Å². The zero-order chi connectivity index (χ0) is 24.4. The van der Waals surface area contributed by atoms with Crippen molar-refractivity contribution in [1.82, 2.24) is 0 Å². The van der Waals surface area contributed by atoms with Crippen LogP contribution in [0.2, 0.25) is 0 Å². The number of phenols is 1. The molecule has 0 bridgehead atoms. The lowest BCUT2D eigenvalue weighted by Crippen LogP contribution is -2.59. The van der Waals surface area contributed by atoms with Crippen molar-refractivity contribution in [3.05, 3.63) is 59.4 Å². The molecule has 9 heteroatoms. The number of aliphatic hydroxyl groups is 4. The van der Waals surface area contributed by atoms with Crippen molar-refractivity contribution < 1.29 is 44.2 Å². The first-order chi connectivity index (χ1) is 16.3. The van der Waals surface area contributed by atoms with Gasteiger partial charge >= 0.3 is 0 Å². The maximum atomic E-state index is 13.2. The molecule has 0 unspecified atom stereocenters. The van der Waals surface area contributed by atoms with E-state index in [0.29, 0.717) is 17.7 Å². The van der Waals surface area contributed by atoms with Gasteiger partial charge < -0.3 is 39.4 Å². The Morgan fingerprint density at radius 1 is 1.03 bits per heavy atom. The fourth-order valence-electron chi connectivity index (χ4n) is 4.38. The Morgan fingerprint density at radius 2 is 1.79 bits per heavy atom. The van der Waals surface area contributed by atoms with Gasteiger partial charge in [-0.25, -0.2) is 0 Å². The number of carbonyl (C=O) groups is 1. The van der Waals surface area contributed by atoms with E-state index < -0.39 is 37.1 Å². The van der Waals surface area contributed by atoms with Crippen molar-refractivity contribution >= 4 is 16.8 Å². The van der Waals surface area contributed by atoms with Gasteiger partial charge in [0.1, 0.15) is 41.5 Å². The molecule has 1 aliphatic rings. The van der Waals surface area contributed by atoms with Gasteiger partial charge in [0.05, 0.1) is 31.6 Å². The standard InChI is InChI=1S/C25H28O9/c1-32-16-9-15(10-20-23(29)25(31)24(30)21(12-26)34-20)22(18(28)11-16)17(27)4-2-13-3-5-19-14(8-13)6-7-33-19/h3,5-9,11,20-21,23-26,28-31H,2,4,10,12H2,1H3/t20-,21+,23-,24+,25+/m0/s1. The van der Waals surface area contributed by atoms with Crippen molar-refractivity contribution in [3.8, 4) is 11.5 Å². The number of aromatic hydroxyl groups is 1. The first-order valence-corrected chi connectivity index (χ1v) is 11.0. The van der Waals surface area contributed by atoms with Crippen LogP contribution >= 0.6 is 0 Å². The van der Waals surface area contributed by atoms with Gasteiger partial charge in [0, 0.05) is 24.3 Å². The average Bonchev–Trinajstić information content (AvgIpc) is 3.30. The molecule has 5 N–H and O–H groups in total. The molecule has 2 aromatic carbocycles. The summed E-state index contributed by atoms with van der Waals surface area (Å²) in [6, 6.07) is 10.4. The lowest BCUT2D eigenvalue weighted by Gasteiger charge is -2.40. The molecule has 1 saturated heterocycles. The summed E-state index contributed by atoms with van der Waals surface area (Å²) in [5, 5.41) is 51.6. The number of furan rings is 1. The highest BCUT2D eigenvalue weighted by molar-refractivity contribution is 6.00. The van der Waals surface area contributed by atoms with E-state index in [-0.39, 0.29) is 29.9 Å². The number of hydrogen-bond donors (Lipinski definition) is 5. The van der Waals surface area contributed by atoms with Crippen LogP contribution in [0.15, 0.2) is 47.1 Å². The highest BCUT2D eigenvalue weighted by atomic mass is 16.5. The van der Waals surface area contributed by atoms with E-state index in [4.69, 9.17) is 13.9 Å². The second-order valence-electron chi connectivity index (χ2n) is 8.47. The number of aryl methyl sites for hydroxylation is 1. The van der Waals surface area contributed by atoms with Gasteiger partial charge in [0.15, 0.2) is 5.78 Å². The van der Waals surface area contributed by atoms with E-state index in [0.717, 1.165) is 16.5 Å². The smallest absolute Gasteiger partial charge is 0.167 e. The monoisotopic (exact) mass is 472 g/mol. The van der Waals surface area contributed by atoms with Gasteiger partial charge in [0.2, 0.25) is 0 Å². The van der Waals surface area contributed by atoms with Crippen LogP contribution in [0.3, 0.4) is 0 Å². The highest BCUT2D eigenvalue weighted by Gasteiger charge is 2.43. The molecule has 3 aromatic rings. The topological polar surface area (TPSA) is 150 Å². The predicted octanol–water partition coefficient (Wildman–Crippen LogP) is 1.35. The number of fused-ring (bicyclic) bond motifs is 1. The number of carbonyl (C=O) groups excluding carboxylic acids is 1. The first kappa shape index (κ1) is 24.2. The van der Waals surface area contributed by atoms with Crippen molar-refractivity contribution in [2.75, 3.05) is 13.7 Å². The van der Waals surface area contributed by atoms with Crippen molar-refractivity contribution in [1.29, 1.82) is 0 Å². The second kappa shape index (κ2) is 10.1. The number of benzene rings is 2. The third-order valence-corrected chi connectivity index (χ3v) is 6.26. The molecule has 1 aliphatic heterocycles. The fraction of sp³-hybridized carbons (Fsp3) is 0.400. The molecule has 0 saturated carbocycles. The minimum Gasteiger partial charge on any atom is -0.507 e. The average molecular weight is 472 g/mol. The lowest BCUT2D eigenvalue weighted by molar-refractivity contribution is -0.228. The normalized spacial score (nSPS) is 24.9. The Morgan fingerprint density at radius 3 is 2.53 bits per heavy atom. The molecule has 0 aliphatic carbocycles. The summed E-state index contributed by atoms with van der Waals surface area (Å²) in [5.41, 5.74) is 2.12. The summed E-state index contributed by atoms with van der Waals surface area (Å²) in [7, 11) is 1.42. The zero-order valence-corrected chi connectivity index (χ0v) is 18.6. The zero-order valence-electron chi connectivity index (χ0n) is 18.6. The maximum absolute atomic E-state index is 13.2. The molecule has 9 nitrogen and oxygen atoms in total. The number of ketones is 1. The molecule has 4 rings (SSSR count). The van der Waals surface area contributed by atoms with Crippen molar-refractivity contribution in [3.63, 3.8) is 0 Å². The van der Waals surface area contributed by atoms with Crippen LogP contribution in [0.5, 0.6) is 11.5 Å². The van der Waals surface area contributed by atoms with Gasteiger partial charge in [-0.05, 0) is 41.8 Å². The number of rotatable bonds is 8. The van der Waals surface area contributed by atoms with Crippen LogP contribution in [-0.4, -0.2) is 75.6 Å². The van der Waals surface area contributed by atoms with E-state index in [1.807, 2.05) is 24.3 Å². The Labute approximate surface area is 195 Å². The molecule has 5 atom stereocenters. The predicted molar refractivity (Wildman–Crippen MR) is 121 cm³/mol. The van der Waals surface area contributed by atoms with Gasteiger partial charge in [-0.15, -0.1) is 0 Å². The Kier molecular flexibility index (Phi) is 7.20. The first-order valence-electron chi connectivity index (χ1n) is 11.0. The molecule has 182 valence electrons. The van der Waals surface area contributed by atoms with Gasteiger partial charge in [0.25, 0.3) is 0 Å². The number of aliphatic hydroxyl groups excluding tert-OH is 4. The number of Topliss-reactive ketones (excluding diaryl/α,β-unsaturated/α-hetero) is 1. The van der Waals surface area contributed by atoms with E-state index in [1.165, 1.54) is 13.2 Å². The lowest BCUT2D eigenvalue weighted by atomic mass is 9.88. The molecule has 0 amide bonds. The minimum atomic E-state index is -1.54. The number of hydrogen-bond acceptors (Lipinski definition) is 9. The summed E-state index contributed by atoms with van der Waals surface area (Å²) < 4.78 is 16.1. The molecule has 1 fully saturated rings. The third-order valence-electron chi connectivity index (χ3n) is 6.26. The summed E-state index contributed by atoms with van der Waals surface area (Å²) >= 11 is 0. The van der Waals surface area contributed by atoms with Gasteiger partial charge in [-0.1, -0.05) is 6.07 Å². The van der Waals surface area contributed by atoms with E-state index >= 15 is 0 Å². The summed E-state index contributed by atoms with van der Waals surface area (Å²) in [6.45, 7) is -0.558. The highest BCUT2D eigenvalue weighted by Crippen LogP contribution is 2.33. The Bertz CT molecular complexity index is 1150. The molecule has 2 heterocycles. The summed E-state index contributed by atoms with van der Waals surface area (Å²) in [5.74, 6) is -0.277. The Balaban J connectivity index is 1.57. The van der Waals surface area contributed by atoms with E-state index in [1.54, 1.807) is 12.3 Å². The van der Waals surface area contributed by atoms with Crippen LogP contribution in [-0.2, 0) is 17.6 Å². The summed E-state index contributed by atoms with van der Waals surface area (Å²) in [6.07, 6.45) is -4.49. The number of methoxy groups -OCH3 is 1. The van der Waals surface area contributed by atoms with Gasteiger partial charge in [-0.3, -0.25) is 4.79 Å². The van der Waals surface area contributed by atoms with Crippen molar-refractivity contribution in [2.24, 2.45) is 0 Å². The minimum absolute atomic E-state index is 0.0613. The number of ether oxygens (including phenoxy) is 2. The summed E-state index contributed by atoms with van der Waals surface area (Å²) in [4.78, 5) is 13.2. The van der Waals surface area contributed by atoms with Crippen LogP contribution < -0.4 is 4.74 Å². The van der Waals surface area contributed by atoms with Crippen molar-refractivity contribution in [2.45, 2.75) is 49.8 Å². The third kappa shape index (κ3) is 4.79. The fourth-order valence-corrected chi connectivity index (χ4v) is 4.38. The van der Waals surface area contributed by atoms with Crippen LogP contribution in [0.1, 0.15) is 27.9 Å². The second-order valence-corrected chi connectivity index (χ2v) is 8.47. The number of phenolic OH excluding ortho intramolecular Hbond substituents is 1. The molecule has 34 heavy (non-hydrogen) atoms.